The molecule has 0 unspecified atom stereocenters. The lowest BCUT2D eigenvalue weighted by molar-refractivity contribution is 0.0698. The molecular formula is C25H25N5O4S. The lowest BCUT2D eigenvalue weighted by Crippen LogP contribution is -2.50. The summed E-state index contributed by atoms with van der Waals surface area (Å²) in [5.41, 5.74) is 3.37. The van der Waals surface area contributed by atoms with Gasteiger partial charge in [-0.3, -0.25) is 4.79 Å². The highest BCUT2D eigenvalue weighted by atomic mass is 32.2. The number of ether oxygens (including phenoxy) is 1. The topological polar surface area (TPSA) is 97.6 Å². The van der Waals surface area contributed by atoms with E-state index in [-0.39, 0.29) is 23.9 Å². The van der Waals surface area contributed by atoms with Gasteiger partial charge in [0.2, 0.25) is 10.0 Å². The van der Waals surface area contributed by atoms with Crippen LogP contribution >= 0.6 is 0 Å². The molecule has 0 saturated carbocycles. The highest BCUT2D eigenvalue weighted by Crippen LogP contribution is 2.21. The standard InChI is InChI=1S/C25H25N5O4S/c1-34-21-10-12-22(13-11-21)35(32,33)29-16-14-28(15-17-29)25(31)20-8-6-19(7-9-20)18-30-24-5-3-2-4-23(24)26-27-30/h2-13H,14-18H2,1H3. The summed E-state index contributed by atoms with van der Waals surface area (Å²) in [7, 11) is -2.09. The Kier molecular flexibility index (Phi) is 6.23. The molecule has 10 heteroatoms. The molecule has 4 aromatic rings. The van der Waals surface area contributed by atoms with Crippen molar-refractivity contribution in [3.8, 4) is 5.75 Å². The molecule has 0 spiro atoms. The number of carbonyl (C=O) groups excluding carboxylic acids is 1. The first-order chi connectivity index (χ1) is 17.0. The zero-order chi connectivity index (χ0) is 24.4. The van der Waals surface area contributed by atoms with Crippen molar-refractivity contribution >= 4 is 27.0 Å². The van der Waals surface area contributed by atoms with Crippen molar-refractivity contribution in [2.45, 2.75) is 11.4 Å². The molecule has 0 N–H and O–H groups in total. The number of nitrogens with zero attached hydrogens (tertiary/aromatic N) is 5. The van der Waals surface area contributed by atoms with Gasteiger partial charge in [0, 0.05) is 31.7 Å². The number of hydrogen-bond donors (Lipinski definition) is 0. The van der Waals surface area contributed by atoms with Crippen LogP contribution < -0.4 is 4.74 Å². The van der Waals surface area contributed by atoms with Gasteiger partial charge in [0.25, 0.3) is 5.91 Å². The number of amides is 1. The van der Waals surface area contributed by atoms with Crippen LogP contribution in [0.2, 0.25) is 0 Å². The Balaban J connectivity index is 1.21. The Hall–Kier alpha value is -3.76. The molecule has 35 heavy (non-hydrogen) atoms. The second kappa shape index (κ2) is 9.47. The molecule has 0 aliphatic carbocycles. The van der Waals surface area contributed by atoms with Crippen LogP contribution in [-0.4, -0.2) is 71.8 Å². The van der Waals surface area contributed by atoms with Gasteiger partial charge >= 0.3 is 0 Å². The zero-order valence-corrected chi connectivity index (χ0v) is 20.1. The van der Waals surface area contributed by atoms with Gasteiger partial charge in [-0.2, -0.15) is 4.31 Å². The molecule has 3 aromatic carbocycles. The molecule has 1 saturated heterocycles. The summed E-state index contributed by atoms with van der Waals surface area (Å²) in [5, 5.41) is 8.38. The number of hydrogen-bond acceptors (Lipinski definition) is 6. The van der Waals surface area contributed by atoms with Gasteiger partial charge in [0.05, 0.1) is 24.1 Å². The van der Waals surface area contributed by atoms with Gasteiger partial charge in [-0.1, -0.05) is 29.5 Å². The molecule has 0 bridgehead atoms. The summed E-state index contributed by atoms with van der Waals surface area (Å²) in [4.78, 5) is 14.9. The molecule has 1 aliphatic rings. The fourth-order valence-corrected chi connectivity index (χ4v) is 5.59. The van der Waals surface area contributed by atoms with Crippen molar-refractivity contribution in [3.05, 3.63) is 83.9 Å². The lowest BCUT2D eigenvalue weighted by atomic mass is 10.1. The number of aromatic nitrogens is 3. The summed E-state index contributed by atoms with van der Waals surface area (Å²) in [6.07, 6.45) is 0. The van der Waals surface area contributed by atoms with E-state index in [4.69, 9.17) is 4.74 Å². The first kappa shape index (κ1) is 23.0. The number of para-hydroxylation sites is 1. The highest BCUT2D eigenvalue weighted by Gasteiger charge is 2.30. The Labute approximate surface area is 203 Å². The number of carbonyl (C=O) groups is 1. The first-order valence-electron chi connectivity index (χ1n) is 11.3. The number of benzene rings is 3. The highest BCUT2D eigenvalue weighted by molar-refractivity contribution is 7.89. The molecule has 0 radical (unpaired) electrons. The van der Waals surface area contributed by atoms with Crippen molar-refractivity contribution in [2.24, 2.45) is 0 Å². The van der Waals surface area contributed by atoms with E-state index >= 15 is 0 Å². The van der Waals surface area contributed by atoms with Crippen LogP contribution in [0, 0.1) is 0 Å². The van der Waals surface area contributed by atoms with E-state index in [1.54, 1.807) is 29.2 Å². The molecular weight excluding hydrogens is 466 g/mol. The quantitative estimate of drug-likeness (QED) is 0.411. The van der Waals surface area contributed by atoms with Crippen LogP contribution in [0.15, 0.2) is 77.7 Å². The van der Waals surface area contributed by atoms with Crippen LogP contribution in [-0.2, 0) is 16.6 Å². The van der Waals surface area contributed by atoms with E-state index in [2.05, 4.69) is 10.3 Å². The lowest BCUT2D eigenvalue weighted by Gasteiger charge is -2.34. The molecule has 2 heterocycles. The fourth-order valence-electron chi connectivity index (χ4n) is 4.17. The maximum absolute atomic E-state index is 13.0. The Morgan fingerprint density at radius 2 is 1.60 bits per heavy atom. The predicted octanol–water partition coefficient (Wildman–Crippen LogP) is 2.63. The van der Waals surface area contributed by atoms with Gasteiger partial charge in [0.1, 0.15) is 11.3 Å². The Morgan fingerprint density at radius 1 is 0.914 bits per heavy atom. The first-order valence-corrected chi connectivity index (χ1v) is 12.7. The molecule has 1 aliphatic heterocycles. The minimum absolute atomic E-state index is 0.107. The van der Waals surface area contributed by atoms with Gasteiger partial charge in [-0.15, -0.1) is 5.10 Å². The van der Waals surface area contributed by atoms with Crippen LogP contribution in [0.4, 0.5) is 0 Å². The second-order valence-corrected chi connectivity index (χ2v) is 10.2. The Bertz CT molecular complexity index is 1440. The third-order valence-electron chi connectivity index (χ3n) is 6.18. The van der Waals surface area contributed by atoms with Gasteiger partial charge in [-0.25, -0.2) is 13.1 Å². The second-order valence-electron chi connectivity index (χ2n) is 8.30. The number of methoxy groups -OCH3 is 1. The molecule has 0 atom stereocenters. The van der Waals surface area contributed by atoms with E-state index in [9.17, 15) is 13.2 Å². The van der Waals surface area contributed by atoms with Crippen LogP contribution in [0.25, 0.3) is 11.0 Å². The van der Waals surface area contributed by atoms with Crippen LogP contribution in [0.5, 0.6) is 5.75 Å². The van der Waals surface area contributed by atoms with Crippen molar-refractivity contribution in [2.75, 3.05) is 33.3 Å². The van der Waals surface area contributed by atoms with Crippen molar-refractivity contribution in [1.29, 1.82) is 0 Å². The van der Waals surface area contributed by atoms with E-state index in [0.717, 1.165) is 16.6 Å². The summed E-state index contributed by atoms with van der Waals surface area (Å²) in [6, 6.07) is 21.5. The number of sulfonamides is 1. The van der Waals surface area contributed by atoms with E-state index in [1.807, 2.05) is 41.1 Å². The Morgan fingerprint density at radius 3 is 2.29 bits per heavy atom. The normalized spacial score (nSPS) is 14.8. The minimum atomic E-state index is -3.62. The summed E-state index contributed by atoms with van der Waals surface area (Å²) < 4.78 is 34.3. The van der Waals surface area contributed by atoms with Crippen LogP contribution in [0.1, 0.15) is 15.9 Å². The third-order valence-corrected chi connectivity index (χ3v) is 8.09. The average Bonchev–Trinajstić information content (AvgIpc) is 3.31. The SMILES string of the molecule is COc1ccc(S(=O)(=O)N2CCN(C(=O)c3ccc(Cn4nnc5ccccc54)cc3)CC2)cc1. The fraction of sp³-hybridized carbons (Fsp3) is 0.240. The van der Waals surface area contributed by atoms with Gasteiger partial charge < -0.3 is 9.64 Å². The summed E-state index contributed by atoms with van der Waals surface area (Å²) in [6.45, 7) is 1.72. The maximum Gasteiger partial charge on any atom is 0.253 e. The monoisotopic (exact) mass is 491 g/mol. The molecule has 9 nitrogen and oxygen atoms in total. The van der Waals surface area contributed by atoms with Crippen molar-refractivity contribution in [3.63, 3.8) is 0 Å². The van der Waals surface area contributed by atoms with Gasteiger partial charge in [-0.05, 0) is 54.1 Å². The molecule has 180 valence electrons. The van der Waals surface area contributed by atoms with Gasteiger partial charge in [0.15, 0.2) is 0 Å². The van der Waals surface area contributed by atoms with Crippen molar-refractivity contribution < 1.29 is 17.9 Å². The van der Waals surface area contributed by atoms with Crippen molar-refractivity contribution in [1.82, 2.24) is 24.2 Å². The predicted molar refractivity (Wildman–Crippen MR) is 131 cm³/mol. The zero-order valence-electron chi connectivity index (χ0n) is 19.2. The van der Waals surface area contributed by atoms with E-state index < -0.39 is 10.0 Å². The van der Waals surface area contributed by atoms with E-state index in [0.29, 0.717) is 30.9 Å². The molecule has 1 fully saturated rings. The summed E-state index contributed by atoms with van der Waals surface area (Å²) >= 11 is 0. The maximum atomic E-state index is 13.0. The van der Waals surface area contributed by atoms with E-state index in [1.165, 1.54) is 23.5 Å². The summed E-state index contributed by atoms with van der Waals surface area (Å²) in [5.74, 6) is 0.490. The number of rotatable bonds is 6. The number of fused-ring (bicyclic) bond motifs is 1. The average molecular weight is 492 g/mol. The molecule has 5 rings (SSSR count). The minimum Gasteiger partial charge on any atom is -0.497 e. The largest absolute Gasteiger partial charge is 0.497 e. The van der Waals surface area contributed by atoms with Crippen LogP contribution in [0.3, 0.4) is 0 Å². The third kappa shape index (κ3) is 4.62. The molecule has 1 aromatic heterocycles. The smallest absolute Gasteiger partial charge is 0.253 e. The number of piperazine rings is 1. The molecule has 1 amide bonds.